The fraction of sp³-hybridized carbons (Fsp3) is 0.889. The Labute approximate surface area is 73.3 Å². The average Bonchev–Trinajstić information content (AvgIpc) is 2.32. The molecular weight excluding hydrogens is 154 g/mol. The highest BCUT2D eigenvalue weighted by Gasteiger charge is 2.38. The van der Waals surface area contributed by atoms with E-state index in [1.807, 2.05) is 0 Å². The molecular formula is C9H17NO2. The normalized spacial score (nSPS) is 35.1. The smallest absolute Gasteiger partial charge is 0.303 e. The third-order valence-corrected chi connectivity index (χ3v) is 2.55. The maximum atomic E-state index is 10.8. The van der Waals surface area contributed by atoms with Crippen LogP contribution in [0.3, 0.4) is 0 Å². The summed E-state index contributed by atoms with van der Waals surface area (Å²) in [6, 6.07) is 0. The van der Waals surface area contributed by atoms with Crippen LogP contribution in [0.1, 0.15) is 33.1 Å². The van der Waals surface area contributed by atoms with Crippen molar-refractivity contribution in [3.63, 3.8) is 0 Å². The number of rotatable bonds is 2. The Hall–Kier alpha value is -0.570. The van der Waals surface area contributed by atoms with E-state index in [1.54, 1.807) is 0 Å². The van der Waals surface area contributed by atoms with Gasteiger partial charge in [0.05, 0.1) is 0 Å². The van der Waals surface area contributed by atoms with E-state index in [9.17, 15) is 4.79 Å². The second kappa shape index (κ2) is 3.44. The molecule has 1 aliphatic carbocycles. The summed E-state index contributed by atoms with van der Waals surface area (Å²) >= 11 is 0. The van der Waals surface area contributed by atoms with Gasteiger partial charge in [-0.2, -0.15) is 0 Å². The van der Waals surface area contributed by atoms with Gasteiger partial charge in [0.2, 0.25) is 0 Å². The molecule has 0 aromatic carbocycles. The van der Waals surface area contributed by atoms with Crippen molar-refractivity contribution in [2.75, 3.05) is 6.54 Å². The van der Waals surface area contributed by atoms with Gasteiger partial charge in [-0.1, -0.05) is 6.92 Å². The molecule has 1 aliphatic rings. The molecule has 1 rings (SSSR count). The molecule has 1 saturated carbocycles. The van der Waals surface area contributed by atoms with Gasteiger partial charge < -0.3 is 10.5 Å². The molecule has 2 atom stereocenters. The quantitative estimate of drug-likeness (QED) is 0.632. The lowest BCUT2D eigenvalue weighted by Gasteiger charge is -2.26. The minimum absolute atomic E-state index is 0.213. The zero-order chi connectivity index (χ0) is 9.19. The van der Waals surface area contributed by atoms with Gasteiger partial charge in [0.25, 0.3) is 0 Å². The standard InChI is InChI=1S/C9H17NO2/c1-7-3-4-9(5-7,6-10)12-8(2)11/h7H,3-6,10H2,1-2H3/t7-,9?/m1/s1. The second-order valence-corrected chi connectivity index (χ2v) is 3.83. The molecule has 0 bridgehead atoms. The van der Waals surface area contributed by atoms with Gasteiger partial charge in [-0.15, -0.1) is 0 Å². The highest BCUT2D eigenvalue weighted by atomic mass is 16.6. The molecule has 3 nitrogen and oxygen atoms in total. The summed E-state index contributed by atoms with van der Waals surface area (Å²) in [5.41, 5.74) is 5.26. The average molecular weight is 171 g/mol. The van der Waals surface area contributed by atoms with Crippen molar-refractivity contribution in [1.29, 1.82) is 0 Å². The highest BCUT2D eigenvalue weighted by Crippen LogP contribution is 2.36. The predicted octanol–water partition coefficient (Wildman–Crippen LogP) is 1.07. The third-order valence-electron chi connectivity index (χ3n) is 2.55. The monoisotopic (exact) mass is 171 g/mol. The number of carbonyl (C=O) groups excluding carboxylic acids is 1. The van der Waals surface area contributed by atoms with E-state index in [2.05, 4.69) is 6.92 Å². The van der Waals surface area contributed by atoms with Crippen molar-refractivity contribution in [2.45, 2.75) is 38.7 Å². The van der Waals surface area contributed by atoms with E-state index in [0.717, 1.165) is 19.3 Å². The Morgan fingerprint density at radius 3 is 2.75 bits per heavy atom. The van der Waals surface area contributed by atoms with Gasteiger partial charge in [0.15, 0.2) is 0 Å². The minimum Gasteiger partial charge on any atom is -0.458 e. The molecule has 0 radical (unpaired) electrons. The van der Waals surface area contributed by atoms with Crippen molar-refractivity contribution in [1.82, 2.24) is 0 Å². The molecule has 12 heavy (non-hydrogen) atoms. The van der Waals surface area contributed by atoms with Crippen molar-refractivity contribution in [3.8, 4) is 0 Å². The fourth-order valence-corrected chi connectivity index (χ4v) is 1.97. The lowest BCUT2D eigenvalue weighted by molar-refractivity contribution is -0.155. The summed E-state index contributed by atoms with van der Waals surface area (Å²) in [6.07, 6.45) is 2.96. The maximum Gasteiger partial charge on any atom is 0.303 e. The van der Waals surface area contributed by atoms with Gasteiger partial charge in [-0.05, 0) is 25.2 Å². The van der Waals surface area contributed by atoms with E-state index < -0.39 is 0 Å². The van der Waals surface area contributed by atoms with E-state index in [4.69, 9.17) is 10.5 Å². The van der Waals surface area contributed by atoms with Crippen LogP contribution in [-0.4, -0.2) is 18.1 Å². The van der Waals surface area contributed by atoms with Gasteiger partial charge in [-0.25, -0.2) is 0 Å². The Morgan fingerprint density at radius 2 is 2.42 bits per heavy atom. The summed E-state index contributed by atoms with van der Waals surface area (Å²) in [6.45, 7) is 4.07. The summed E-state index contributed by atoms with van der Waals surface area (Å²) in [7, 11) is 0. The minimum atomic E-state index is -0.342. The topological polar surface area (TPSA) is 52.3 Å². The largest absolute Gasteiger partial charge is 0.458 e. The van der Waals surface area contributed by atoms with Crippen LogP contribution in [0.15, 0.2) is 0 Å². The van der Waals surface area contributed by atoms with Gasteiger partial charge in [-0.3, -0.25) is 4.79 Å². The Morgan fingerprint density at radius 1 is 1.75 bits per heavy atom. The first-order chi connectivity index (χ1) is 5.58. The first kappa shape index (κ1) is 9.52. The number of hydrogen-bond acceptors (Lipinski definition) is 3. The molecule has 1 unspecified atom stereocenters. The molecule has 3 heteroatoms. The Bertz CT molecular complexity index is 181. The summed E-state index contributed by atoms with van der Waals surface area (Å²) < 4.78 is 5.25. The number of hydrogen-bond donors (Lipinski definition) is 1. The molecule has 2 N–H and O–H groups in total. The van der Waals surface area contributed by atoms with Crippen LogP contribution in [0.25, 0.3) is 0 Å². The molecule has 70 valence electrons. The van der Waals surface area contributed by atoms with E-state index >= 15 is 0 Å². The van der Waals surface area contributed by atoms with Crippen LogP contribution in [0.4, 0.5) is 0 Å². The highest BCUT2D eigenvalue weighted by molar-refractivity contribution is 5.66. The molecule has 0 aromatic rings. The van der Waals surface area contributed by atoms with E-state index in [1.165, 1.54) is 6.92 Å². The second-order valence-electron chi connectivity index (χ2n) is 3.83. The van der Waals surface area contributed by atoms with Crippen LogP contribution < -0.4 is 5.73 Å². The number of esters is 1. The number of nitrogens with two attached hydrogens (primary N) is 1. The van der Waals surface area contributed by atoms with Gasteiger partial charge >= 0.3 is 5.97 Å². The first-order valence-corrected chi connectivity index (χ1v) is 4.48. The molecule has 0 spiro atoms. The lowest BCUT2D eigenvalue weighted by Crippen LogP contribution is -2.39. The SMILES string of the molecule is CC(=O)OC1(CN)CC[C@@H](C)C1. The van der Waals surface area contributed by atoms with Crippen LogP contribution in [0.5, 0.6) is 0 Å². The Balaban J connectivity index is 2.58. The van der Waals surface area contributed by atoms with Crippen molar-refractivity contribution >= 4 is 5.97 Å². The number of ether oxygens (including phenoxy) is 1. The molecule has 0 aliphatic heterocycles. The summed E-state index contributed by atoms with van der Waals surface area (Å²) in [5, 5.41) is 0. The molecule has 0 heterocycles. The zero-order valence-corrected chi connectivity index (χ0v) is 7.80. The lowest BCUT2D eigenvalue weighted by atomic mass is 10.0. The summed E-state index contributed by atoms with van der Waals surface area (Å²) in [5.74, 6) is 0.419. The molecule has 1 fully saturated rings. The van der Waals surface area contributed by atoms with Crippen molar-refractivity contribution in [3.05, 3.63) is 0 Å². The van der Waals surface area contributed by atoms with E-state index in [-0.39, 0.29) is 11.6 Å². The van der Waals surface area contributed by atoms with Crippen LogP contribution in [-0.2, 0) is 9.53 Å². The van der Waals surface area contributed by atoms with Crippen molar-refractivity contribution < 1.29 is 9.53 Å². The Kier molecular flexibility index (Phi) is 2.73. The van der Waals surface area contributed by atoms with Crippen LogP contribution in [0.2, 0.25) is 0 Å². The first-order valence-electron chi connectivity index (χ1n) is 4.48. The van der Waals surface area contributed by atoms with Gasteiger partial charge in [0, 0.05) is 13.5 Å². The maximum absolute atomic E-state index is 10.8. The summed E-state index contributed by atoms with van der Waals surface area (Å²) in [4.78, 5) is 10.8. The fourth-order valence-electron chi connectivity index (χ4n) is 1.97. The molecule has 0 amide bonds. The van der Waals surface area contributed by atoms with Crippen molar-refractivity contribution in [2.24, 2.45) is 11.7 Å². The van der Waals surface area contributed by atoms with Gasteiger partial charge in [0.1, 0.15) is 5.60 Å². The number of carbonyl (C=O) groups is 1. The third kappa shape index (κ3) is 1.97. The van der Waals surface area contributed by atoms with Crippen LogP contribution in [0, 0.1) is 5.92 Å². The molecule has 0 aromatic heterocycles. The van der Waals surface area contributed by atoms with E-state index in [0.29, 0.717) is 12.5 Å². The zero-order valence-electron chi connectivity index (χ0n) is 7.80. The molecule has 0 saturated heterocycles. The van der Waals surface area contributed by atoms with Crippen LogP contribution >= 0.6 is 0 Å². The predicted molar refractivity (Wildman–Crippen MR) is 46.6 cm³/mol.